The Labute approximate surface area is 119 Å². The summed E-state index contributed by atoms with van der Waals surface area (Å²) in [5.41, 5.74) is 7.44. The molecule has 6 nitrogen and oxygen atoms in total. The Bertz CT molecular complexity index is 482. The van der Waals surface area contributed by atoms with E-state index in [-0.39, 0.29) is 5.84 Å². The second kappa shape index (κ2) is 6.56. The van der Waals surface area contributed by atoms with Crippen LogP contribution in [0.25, 0.3) is 0 Å². The highest BCUT2D eigenvalue weighted by Crippen LogP contribution is 2.20. The molecule has 0 saturated carbocycles. The van der Waals surface area contributed by atoms with Crippen LogP contribution in [0.1, 0.15) is 24.0 Å². The number of pyridine rings is 1. The minimum absolute atomic E-state index is 0.110. The number of likely N-dealkylation sites (tertiary alicyclic amines) is 1. The van der Waals surface area contributed by atoms with E-state index in [4.69, 9.17) is 10.9 Å². The number of aromatic nitrogens is 1. The van der Waals surface area contributed by atoms with Crippen molar-refractivity contribution in [2.75, 3.05) is 38.1 Å². The van der Waals surface area contributed by atoms with Gasteiger partial charge in [0.25, 0.3) is 0 Å². The lowest BCUT2D eigenvalue weighted by Crippen LogP contribution is -2.33. The highest BCUT2D eigenvalue weighted by Gasteiger charge is 2.17. The van der Waals surface area contributed by atoms with Gasteiger partial charge in [-0.05, 0) is 44.5 Å². The van der Waals surface area contributed by atoms with Gasteiger partial charge >= 0.3 is 0 Å². The largest absolute Gasteiger partial charge is 0.409 e. The second-order valence-corrected chi connectivity index (χ2v) is 5.28. The molecular weight excluding hydrogens is 254 g/mol. The van der Waals surface area contributed by atoms with Crippen molar-refractivity contribution >= 4 is 11.7 Å². The molecule has 0 aliphatic carbocycles. The summed E-state index contributed by atoms with van der Waals surface area (Å²) < 4.78 is 0. The third-order valence-electron chi connectivity index (χ3n) is 3.82. The highest BCUT2D eigenvalue weighted by atomic mass is 16.4. The maximum Gasteiger partial charge on any atom is 0.174 e. The van der Waals surface area contributed by atoms with E-state index in [1.807, 2.05) is 20.0 Å². The molecule has 1 saturated heterocycles. The summed E-state index contributed by atoms with van der Waals surface area (Å²) in [5, 5.41) is 12.0. The Balaban J connectivity index is 2.12. The summed E-state index contributed by atoms with van der Waals surface area (Å²) >= 11 is 0. The number of rotatable bonds is 5. The summed E-state index contributed by atoms with van der Waals surface area (Å²) in [6, 6.07) is 1.87. The van der Waals surface area contributed by atoms with Crippen LogP contribution in [0, 0.1) is 6.92 Å². The topological polar surface area (TPSA) is 78.0 Å². The molecule has 0 bridgehead atoms. The fourth-order valence-electron chi connectivity index (χ4n) is 2.60. The van der Waals surface area contributed by atoms with Crippen LogP contribution in [0.5, 0.6) is 0 Å². The Morgan fingerprint density at radius 3 is 2.85 bits per heavy atom. The zero-order valence-electron chi connectivity index (χ0n) is 12.2. The van der Waals surface area contributed by atoms with Crippen LogP contribution in [-0.2, 0) is 0 Å². The van der Waals surface area contributed by atoms with E-state index in [0.717, 1.165) is 24.5 Å². The molecule has 1 aromatic heterocycles. The SMILES string of the molecule is Cc1ccnc(N(C)CCN2CCCC2)c1/C(N)=N/O. The molecule has 0 amide bonds. The summed E-state index contributed by atoms with van der Waals surface area (Å²) in [6.07, 6.45) is 4.34. The number of hydrogen-bond donors (Lipinski definition) is 2. The lowest BCUT2D eigenvalue weighted by molar-refractivity contribution is 0.318. The molecule has 2 rings (SSSR count). The van der Waals surface area contributed by atoms with Crippen LogP contribution in [0.15, 0.2) is 17.4 Å². The van der Waals surface area contributed by atoms with E-state index in [1.54, 1.807) is 6.20 Å². The molecule has 0 spiro atoms. The summed E-state index contributed by atoms with van der Waals surface area (Å²) in [7, 11) is 1.99. The van der Waals surface area contributed by atoms with Crippen molar-refractivity contribution in [3.8, 4) is 0 Å². The fourth-order valence-corrected chi connectivity index (χ4v) is 2.60. The number of oxime groups is 1. The van der Waals surface area contributed by atoms with Gasteiger partial charge < -0.3 is 20.7 Å². The van der Waals surface area contributed by atoms with Crippen molar-refractivity contribution in [2.24, 2.45) is 10.9 Å². The molecule has 0 unspecified atom stereocenters. The predicted molar refractivity (Wildman–Crippen MR) is 80.4 cm³/mol. The van der Waals surface area contributed by atoms with Gasteiger partial charge in [-0.15, -0.1) is 0 Å². The molecule has 1 aliphatic rings. The molecule has 1 aromatic rings. The minimum atomic E-state index is 0.110. The van der Waals surface area contributed by atoms with Gasteiger partial charge in [0.15, 0.2) is 5.84 Å². The van der Waals surface area contributed by atoms with Crippen molar-refractivity contribution in [2.45, 2.75) is 19.8 Å². The Morgan fingerprint density at radius 1 is 1.50 bits per heavy atom. The van der Waals surface area contributed by atoms with E-state index < -0.39 is 0 Å². The molecule has 6 heteroatoms. The van der Waals surface area contributed by atoms with Gasteiger partial charge in [-0.2, -0.15) is 0 Å². The Hall–Kier alpha value is -1.82. The molecule has 20 heavy (non-hydrogen) atoms. The van der Waals surface area contributed by atoms with E-state index in [0.29, 0.717) is 5.56 Å². The molecule has 0 aromatic carbocycles. The standard InChI is InChI=1S/C14H23N5O/c1-11-5-6-16-14(12(11)13(15)17-20)18(2)9-10-19-7-3-4-8-19/h5-6,20H,3-4,7-10H2,1-2H3,(H2,15,17). The fraction of sp³-hybridized carbons (Fsp3) is 0.571. The van der Waals surface area contributed by atoms with Gasteiger partial charge in [-0.1, -0.05) is 5.16 Å². The molecular formula is C14H23N5O. The quantitative estimate of drug-likeness (QED) is 0.363. The molecule has 0 radical (unpaired) electrons. The van der Waals surface area contributed by atoms with Gasteiger partial charge in [0, 0.05) is 26.3 Å². The van der Waals surface area contributed by atoms with Gasteiger partial charge in [0.05, 0.1) is 5.56 Å². The smallest absolute Gasteiger partial charge is 0.174 e. The number of anilines is 1. The third kappa shape index (κ3) is 3.19. The van der Waals surface area contributed by atoms with Crippen LogP contribution in [0.3, 0.4) is 0 Å². The van der Waals surface area contributed by atoms with Crippen LogP contribution < -0.4 is 10.6 Å². The van der Waals surface area contributed by atoms with Crippen LogP contribution in [-0.4, -0.2) is 54.2 Å². The first-order chi connectivity index (χ1) is 9.63. The van der Waals surface area contributed by atoms with Crippen molar-refractivity contribution in [1.82, 2.24) is 9.88 Å². The second-order valence-electron chi connectivity index (χ2n) is 5.28. The lowest BCUT2D eigenvalue weighted by Gasteiger charge is -2.24. The zero-order valence-corrected chi connectivity index (χ0v) is 12.2. The third-order valence-corrected chi connectivity index (χ3v) is 3.82. The summed E-state index contributed by atoms with van der Waals surface area (Å²) in [4.78, 5) is 8.91. The Morgan fingerprint density at radius 2 is 2.20 bits per heavy atom. The maximum atomic E-state index is 8.93. The average molecular weight is 277 g/mol. The highest BCUT2D eigenvalue weighted by molar-refractivity contribution is 6.02. The maximum absolute atomic E-state index is 8.93. The molecule has 110 valence electrons. The average Bonchev–Trinajstić information content (AvgIpc) is 2.97. The van der Waals surface area contributed by atoms with Gasteiger partial charge in [-0.25, -0.2) is 4.98 Å². The molecule has 1 aliphatic heterocycles. The Kier molecular flexibility index (Phi) is 4.79. The van der Waals surface area contributed by atoms with E-state index in [1.165, 1.54) is 25.9 Å². The molecule has 1 fully saturated rings. The van der Waals surface area contributed by atoms with E-state index in [2.05, 4.69) is 19.9 Å². The van der Waals surface area contributed by atoms with Crippen molar-refractivity contribution in [3.05, 3.63) is 23.4 Å². The summed E-state index contributed by atoms with van der Waals surface area (Å²) in [6.45, 7) is 6.20. The van der Waals surface area contributed by atoms with E-state index in [9.17, 15) is 0 Å². The van der Waals surface area contributed by atoms with E-state index >= 15 is 0 Å². The zero-order chi connectivity index (χ0) is 14.5. The number of nitrogens with two attached hydrogens (primary N) is 1. The van der Waals surface area contributed by atoms with Gasteiger partial charge in [0.1, 0.15) is 5.82 Å². The molecule has 2 heterocycles. The molecule has 0 atom stereocenters. The van der Waals surface area contributed by atoms with Crippen molar-refractivity contribution < 1.29 is 5.21 Å². The van der Waals surface area contributed by atoms with Crippen molar-refractivity contribution in [1.29, 1.82) is 0 Å². The minimum Gasteiger partial charge on any atom is -0.409 e. The lowest BCUT2D eigenvalue weighted by atomic mass is 10.1. The predicted octanol–water partition coefficient (Wildman–Crippen LogP) is 1.02. The van der Waals surface area contributed by atoms with Gasteiger partial charge in [0.2, 0.25) is 0 Å². The number of aryl methyl sites for hydroxylation is 1. The number of nitrogens with zero attached hydrogens (tertiary/aromatic N) is 4. The molecule has 3 N–H and O–H groups in total. The normalized spacial score (nSPS) is 16.6. The monoisotopic (exact) mass is 277 g/mol. The van der Waals surface area contributed by atoms with Crippen molar-refractivity contribution in [3.63, 3.8) is 0 Å². The first-order valence-electron chi connectivity index (χ1n) is 7.00. The first-order valence-corrected chi connectivity index (χ1v) is 7.00. The summed E-state index contributed by atoms with van der Waals surface area (Å²) in [5.74, 6) is 0.873. The van der Waals surface area contributed by atoms with Crippen LogP contribution in [0.4, 0.5) is 5.82 Å². The number of amidine groups is 1. The van der Waals surface area contributed by atoms with Gasteiger partial charge in [-0.3, -0.25) is 0 Å². The first kappa shape index (κ1) is 14.6. The number of hydrogen-bond acceptors (Lipinski definition) is 5. The van der Waals surface area contributed by atoms with Crippen LogP contribution >= 0.6 is 0 Å². The van der Waals surface area contributed by atoms with Crippen LogP contribution in [0.2, 0.25) is 0 Å². The number of likely N-dealkylation sites (N-methyl/N-ethyl adjacent to an activating group) is 1.